The summed E-state index contributed by atoms with van der Waals surface area (Å²) in [6, 6.07) is -0.239. The molecule has 0 aromatic rings. The number of rotatable bonds is 4. The third-order valence-electron chi connectivity index (χ3n) is 2.69. The fraction of sp³-hybridized carbons (Fsp3) is 0.800. The van der Waals surface area contributed by atoms with E-state index in [9.17, 15) is 9.59 Å². The van der Waals surface area contributed by atoms with E-state index >= 15 is 0 Å². The number of methoxy groups -OCH3 is 1. The lowest BCUT2D eigenvalue weighted by Crippen LogP contribution is -2.55. The van der Waals surface area contributed by atoms with Crippen molar-refractivity contribution in [1.29, 1.82) is 0 Å². The highest BCUT2D eigenvalue weighted by molar-refractivity contribution is 5.76. The van der Waals surface area contributed by atoms with Crippen molar-refractivity contribution in [1.82, 2.24) is 15.1 Å². The van der Waals surface area contributed by atoms with E-state index < -0.39 is 0 Å². The van der Waals surface area contributed by atoms with E-state index in [1.54, 1.807) is 14.1 Å². The maximum atomic E-state index is 11.3. The van der Waals surface area contributed by atoms with Crippen molar-refractivity contribution in [2.75, 3.05) is 40.8 Å². The Balaban J connectivity index is 2.19. The number of nitrogens with one attached hydrogen (secondary N) is 1. The van der Waals surface area contributed by atoms with Crippen molar-refractivity contribution in [2.24, 2.45) is 0 Å². The summed E-state index contributed by atoms with van der Waals surface area (Å²) >= 11 is 0. The van der Waals surface area contributed by atoms with Crippen LogP contribution in [0.15, 0.2) is 0 Å². The number of carbonyl (C=O) groups is 2. The molecule has 0 aromatic carbocycles. The molecular formula is C10H19N3O3. The second-order valence-electron chi connectivity index (χ2n) is 3.99. The molecule has 1 fully saturated rings. The van der Waals surface area contributed by atoms with Crippen molar-refractivity contribution in [2.45, 2.75) is 12.5 Å². The van der Waals surface area contributed by atoms with Crippen molar-refractivity contribution in [3.8, 4) is 0 Å². The number of ether oxygens (including phenoxy) is 1. The maximum absolute atomic E-state index is 11.3. The first-order valence-corrected chi connectivity index (χ1v) is 5.33. The first-order chi connectivity index (χ1) is 7.56. The van der Waals surface area contributed by atoms with Crippen LogP contribution >= 0.6 is 0 Å². The van der Waals surface area contributed by atoms with Crippen LogP contribution in [-0.2, 0) is 9.53 Å². The topological polar surface area (TPSA) is 61.9 Å². The molecule has 0 aliphatic carbocycles. The van der Waals surface area contributed by atoms with Gasteiger partial charge in [0.1, 0.15) is 6.04 Å². The Morgan fingerprint density at radius 1 is 1.50 bits per heavy atom. The van der Waals surface area contributed by atoms with Crippen LogP contribution in [-0.4, -0.2) is 68.7 Å². The van der Waals surface area contributed by atoms with Gasteiger partial charge in [0.2, 0.25) is 0 Å². The lowest BCUT2D eigenvalue weighted by Gasteiger charge is -2.38. The normalized spacial score (nSPS) is 19.8. The molecule has 1 aliphatic heterocycles. The van der Waals surface area contributed by atoms with Gasteiger partial charge in [0.05, 0.1) is 7.11 Å². The molecule has 0 saturated carbocycles. The van der Waals surface area contributed by atoms with Gasteiger partial charge in [-0.25, -0.2) is 4.79 Å². The Bertz CT molecular complexity index is 268. The average molecular weight is 229 g/mol. The van der Waals surface area contributed by atoms with E-state index in [1.807, 2.05) is 4.90 Å². The first-order valence-electron chi connectivity index (χ1n) is 5.33. The van der Waals surface area contributed by atoms with Crippen LogP contribution in [0, 0.1) is 0 Å². The fourth-order valence-electron chi connectivity index (χ4n) is 1.58. The lowest BCUT2D eigenvalue weighted by atomic mass is 10.0. The molecule has 1 rings (SSSR count). The molecule has 0 bridgehead atoms. The molecule has 1 unspecified atom stereocenters. The Labute approximate surface area is 95.5 Å². The van der Waals surface area contributed by atoms with E-state index in [0.717, 1.165) is 13.0 Å². The maximum Gasteiger partial charge on any atom is 0.323 e. The molecule has 1 aliphatic rings. The van der Waals surface area contributed by atoms with Crippen LogP contribution in [0.25, 0.3) is 0 Å². The summed E-state index contributed by atoms with van der Waals surface area (Å²) in [5.41, 5.74) is 0. The van der Waals surface area contributed by atoms with E-state index in [0.29, 0.717) is 13.1 Å². The summed E-state index contributed by atoms with van der Waals surface area (Å²) < 4.78 is 4.67. The van der Waals surface area contributed by atoms with E-state index in [4.69, 9.17) is 0 Å². The number of amides is 2. The molecule has 92 valence electrons. The lowest BCUT2D eigenvalue weighted by molar-refractivity contribution is -0.151. The molecule has 1 heterocycles. The number of likely N-dealkylation sites (tertiary alicyclic amines) is 1. The predicted octanol–water partition coefficient (Wildman–Crippen LogP) is -0.495. The summed E-state index contributed by atoms with van der Waals surface area (Å²) in [7, 11) is 4.78. The molecule has 0 aromatic heterocycles. The van der Waals surface area contributed by atoms with Gasteiger partial charge < -0.3 is 15.0 Å². The molecular weight excluding hydrogens is 210 g/mol. The SMILES string of the molecule is COC(=O)C1CCN1CCNC(=O)N(C)C. The highest BCUT2D eigenvalue weighted by atomic mass is 16.5. The van der Waals surface area contributed by atoms with E-state index in [2.05, 4.69) is 10.1 Å². The van der Waals surface area contributed by atoms with Crippen LogP contribution in [0.1, 0.15) is 6.42 Å². The Morgan fingerprint density at radius 3 is 2.62 bits per heavy atom. The molecule has 0 radical (unpaired) electrons. The Morgan fingerprint density at radius 2 is 2.19 bits per heavy atom. The number of nitrogens with zero attached hydrogens (tertiary/aromatic N) is 2. The molecule has 16 heavy (non-hydrogen) atoms. The van der Waals surface area contributed by atoms with Crippen LogP contribution in [0.3, 0.4) is 0 Å². The average Bonchev–Trinajstić information content (AvgIpc) is 2.21. The van der Waals surface area contributed by atoms with Crippen LogP contribution < -0.4 is 5.32 Å². The summed E-state index contributed by atoms with van der Waals surface area (Å²) in [4.78, 5) is 25.9. The van der Waals surface area contributed by atoms with Crippen LogP contribution in [0.4, 0.5) is 4.79 Å². The minimum absolute atomic E-state index is 0.116. The van der Waals surface area contributed by atoms with Gasteiger partial charge in [-0.1, -0.05) is 0 Å². The van der Waals surface area contributed by atoms with E-state index in [-0.39, 0.29) is 18.0 Å². The third kappa shape index (κ3) is 3.10. The molecule has 1 N–H and O–H groups in total. The van der Waals surface area contributed by atoms with Gasteiger partial charge in [-0.3, -0.25) is 9.69 Å². The largest absolute Gasteiger partial charge is 0.468 e. The molecule has 1 atom stereocenters. The fourth-order valence-corrected chi connectivity index (χ4v) is 1.58. The van der Waals surface area contributed by atoms with Gasteiger partial charge in [-0.15, -0.1) is 0 Å². The third-order valence-corrected chi connectivity index (χ3v) is 2.69. The zero-order valence-corrected chi connectivity index (χ0v) is 10.0. The number of hydrogen-bond acceptors (Lipinski definition) is 4. The monoisotopic (exact) mass is 229 g/mol. The Hall–Kier alpha value is -1.30. The summed E-state index contributed by atoms with van der Waals surface area (Å²) in [5.74, 6) is -0.190. The zero-order chi connectivity index (χ0) is 12.1. The van der Waals surface area contributed by atoms with Crippen molar-refractivity contribution >= 4 is 12.0 Å². The van der Waals surface area contributed by atoms with Gasteiger partial charge >= 0.3 is 12.0 Å². The number of carbonyl (C=O) groups excluding carboxylic acids is 2. The van der Waals surface area contributed by atoms with Crippen LogP contribution in [0.5, 0.6) is 0 Å². The molecule has 6 nitrogen and oxygen atoms in total. The van der Waals surface area contributed by atoms with Gasteiger partial charge in [0.25, 0.3) is 0 Å². The van der Waals surface area contributed by atoms with Gasteiger partial charge in [0, 0.05) is 33.7 Å². The second-order valence-corrected chi connectivity index (χ2v) is 3.99. The van der Waals surface area contributed by atoms with E-state index in [1.165, 1.54) is 12.0 Å². The van der Waals surface area contributed by atoms with Crippen molar-refractivity contribution in [3.05, 3.63) is 0 Å². The number of urea groups is 1. The second kappa shape index (κ2) is 5.69. The highest BCUT2D eigenvalue weighted by Gasteiger charge is 2.34. The van der Waals surface area contributed by atoms with Gasteiger partial charge in [-0.05, 0) is 6.42 Å². The molecule has 2 amide bonds. The summed E-state index contributed by atoms with van der Waals surface area (Å²) in [5, 5.41) is 2.75. The van der Waals surface area contributed by atoms with Gasteiger partial charge in [0.15, 0.2) is 0 Å². The van der Waals surface area contributed by atoms with Crippen molar-refractivity contribution in [3.63, 3.8) is 0 Å². The predicted molar refractivity (Wildman–Crippen MR) is 59.1 cm³/mol. The minimum Gasteiger partial charge on any atom is -0.468 e. The first kappa shape index (κ1) is 12.8. The quantitative estimate of drug-likeness (QED) is 0.660. The van der Waals surface area contributed by atoms with Gasteiger partial charge in [-0.2, -0.15) is 0 Å². The molecule has 6 heteroatoms. The number of esters is 1. The summed E-state index contributed by atoms with van der Waals surface area (Å²) in [6.07, 6.45) is 0.842. The highest BCUT2D eigenvalue weighted by Crippen LogP contribution is 2.17. The standard InChI is InChI=1S/C10H19N3O3/c1-12(2)10(15)11-5-7-13-6-4-8(13)9(14)16-3/h8H,4-7H2,1-3H3,(H,11,15). The smallest absolute Gasteiger partial charge is 0.323 e. The van der Waals surface area contributed by atoms with Crippen molar-refractivity contribution < 1.29 is 14.3 Å². The molecule has 0 spiro atoms. The minimum atomic E-state index is -0.190. The molecule has 1 saturated heterocycles. The van der Waals surface area contributed by atoms with Crippen LogP contribution in [0.2, 0.25) is 0 Å². The number of hydrogen-bond donors (Lipinski definition) is 1. The zero-order valence-electron chi connectivity index (χ0n) is 10.0. The summed E-state index contributed by atoms with van der Waals surface area (Å²) in [6.45, 7) is 2.11. The Kier molecular flexibility index (Phi) is 4.54.